The maximum atomic E-state index is 12.4. The Hall–Kier alpha value is -2.45. The summed E-state index contributed by atoms with van der Waals surface area (Å²) in [5, 5.41) is 0.610. The summed E-state index contributed by atoms with van der Waals surface area (Å²) < 4.78 is 27.3. The molecular weight excluding hydrogens is 290 g/mol. The van der Waals surface area contributed by atoms with E-state index >= 15 is 0 Å². The van der Waals surface area contributed by atoms with Crippen molar-refractivity contribution in [2.45, 2.75) is 11.4 Å². The topological polar surface area (TPSA) is 114 Å². The SMILES string of the molecule is Nc1ccc(S(=O)(=O)NCc2ncc[nH]2)c2ncccc12. The Kier molecular flexibility index (Phi) is 3.32. The third kappa shape index (κ3) is 2.58. The van der Waals surface area contributed by atoms with Crippen LogP contribution in [0.5, 0.6) is 0 Å². The fraction of sp³-hybridized carbons (Fsp3) is 0.0769. The first-order chi connectivity index (χ1) is 10.1. The molecule has 0 unspecified atom stereocenters. The fourth-order valence-electron chi connectivity index (χ4n) is 2.02. The summed E-state index contributed by atoms with van der Waals surface area (Å²) in [6.07, 6.45) is 4.72. The molecular formula is C13H13N5O2S. The van der Waals surface area contributed by atoms with Crippen molar-refractivity contribution < 1.29 is 8.42 Å². The predicted octanol–water partition coefficient (Wildman–Crippen LogP) is 1.02. The molecule has 7 nitrogen and oxygen atoms in total. The zero-order valence-corrected chi connectivity index (χ0v) is 11.8. The molecule has 0 spiro atoms. The Morgan fingerprint density at radius 2 is 2.05 bits per heavy atom. The number of rotatable bonds is 4. The average molecular weight is 303 g/mol. The van der Waals surface area contributed by atoms with Crippen LogP contribution in [0.25, 0.3) is 10.9 Å². The molecule has 0 radical (unpaired) electrons. The number of nitrogens with zero attached hydrogens (tertiary/aromatic N) is 2. The Labute approximate surface area is 121 Å². The van der Waals surface area contributed by atoms with Crippen molar-refractivity contribution in [1.82, 2.24) is 19.7 Å². The highest BCUT2D eigenvalue weighted by atomic mass is 32.2. The van der Waals surface area contributed by atoms with Crippen LogP contribution in [0.1, 0.15) is 5.82 Å². The van der Waals surface area contributed by atoms with Crippen molar-refractivity contribution in [2.75, 3.05) is 5.73 Å². The van der Waals surface area contributed by atoms with E-state index in [-0.39, 0.29) is 11.4 Å². The third-order valence-corrected chi connectivity index (χ3v) is 4.47. The lowest BCUT2D eigenvalue weighted by Crippen LogP contribution is -2.24. The monoisotopic (exact) mass is 303 g/mol. The smallest absolute Gasteiger partial charge is 0.243 e. The van der Waals surface area contributed by atoms with E-state index in [1.54, 1.807) is 30.6 Å². The van der Waals surface area contributed by atoms with Crippen LogP contribution in [0.15, 0.2) is 47.8 Å². The lowest BCUT2D eigenvalue weighted by atomic mass is 10.2. The zero-order valence-electron chi connectivity index (χ0n) is 10.9. The second-order valence-corrected chi connectivity index (χ2v) is 6.15. The van der Waals surface area contributed by atoms with Crippen LogP contribution in [0.3, 0.4) is 0 Å². The van der Waals surface area contributed by atoms with Gasteiger partial charge in [-0.05, 0) is 24.3 Å². The van der Waals surface area contributed by atoms with Gasteiger partial charge in [0.1, 0.15) is 10.7 Å². The largest absolute Gasteiger partial charge is 0.398 e. The summed E-state index contributed by atoms with van der Waals surface area (Å²) >= 11 is 0. The number of aromatic nitrogens is 3. The van der Waals surface area contributed by atoms with Gasteiger partial charge in [-0.1, -0.05) is 0 Å². The van der Waals surface area contributed by atoms with Crippen LogP contribution in [-0.4, -0.2) is 23.4 Å². The number of anilines is 1. The number of fused-ring (bicyclic) bond motifs is 1. The first-order valence-electron chi connectivity index (χ1n) is 6.19. The lowest BCUT2D eigenvalue weighted by molar-refractivity contribution is 0.580. The van der Waals surface area contributed by atoms with Crippen molar-refractivity contribution in [3.05, 3.63) is 48.7 Å². The maximum absolute atomic E-state index is 12.4. The van der Waals surface area contributed by atoms with Crippen LogP contribution in [0, 0.1) is 0 Å². The van der Waals surface area contributed by atoms with Crippen molar-refractivity contribution in [3.8, 4) is 0 Å². The highest BCUT2D eigenvalue weighted by Gasteiger charge is 2.19. The standard InChI is InChI=1S/C13H13N5O2S/c14-10-3-4-11(13-9(10)2-1-5-17-13)21(19,20)18-8-12-15-6-7-16-12/h1-7,18H,8,14H2,(H,15,16). The minimum Gasteiger partial charge on any atom is -0.398 e. The van der Waals surface area contributed by atoms with E-state index in [2.05, 4.69) is 19.7 Å². The molecule has 3 aromatic rings. The molecule has 1 aromatic carbocycles. The Morgan fingerprint density at radius 3 is 2.81 bits per heavy atom. The van der Waals surface area contributed by atoms with E-state index < -0.39 is 10.0 Å². The molecule has 2 aromatic heterocycles. The van der Waals surface area contributed by atoms with Gasteiger partial charge in [-0.2, -0.15) is 0 Å². The van der Waals surface area contributed by atoms with Crippen molar-refractivity contribution in [1.29, 1.82) is 0 Å². The number of sulfonamides is 1. The lowest BCUT2D eigenvalue weighted by Gasteiger charge is -2.09. The average Bonchev–Trinajstić information content (AvgIpc) is 2.99. The minimum absolute atomic E-state index is 0.0774. The maximum Gasteiger partial charge on any atom is 0.243 e. The molecule has 0 aliphatic heterocycles. The summed E-state index contributed by atoms with van der Waals surface area (Å²) in [4.78, 5) is 11.0. The summed E-state index contributed by atoms with van der Waals surface area (Å²) in [7, 11) is -3.71. The summed E-state index contributed by atoms with van der Waals surface area (Å²) in [6, 6.07) is 6.47. The molecule has 0 aliphatic carbocycles. The van der Waals surface area contributed by atoms with Crippen LogP contribution in [0.2, 0.25) is 0 Å². The molecule has 0 aliphatic rings. The molecule has 0 fully saturated rings. The van der Waals surface area contributed by atoms with E-state index in [0.717, 1.165) is 0 Å². The predicted molar refractivity (Wildman–Crippen MR) is 78.8 cm³/mol. The summed E-state index contributed by atoms with van der Waals surface area (Å²) in [5.41, 5.74) is 6.69. The van der Waals surface area contributed by atoms with E-state index in [9.17, 15) is 8.42 Å². The summed E-state index contributed by atoms with van der Waals surface area (Å²) in [5.74, 6) is 0.534. The van der Waals surface area contributed by atoms with Gasteiger partial charge in [0.25, 0.3) is 0 Å². The normalized spacial score (nSPS) is 11.8. The minimum atomic E-state index is -3.71. The first-order valence-corrected chi connectivity index (χ1v) is 7.67. The second kappa shape index (κ2) is 5.15. The number of aromatic amines is 1. The van der Waals surface area contributed by atoms with Gasteiger partial charge in [0.2, 0.25) is 10.0 Å². The van der Waals surface area contributed by atoms with Gasteiger partial charge >= 0.3 is 0 Å². The molecule has 0 atom stereocenters. The molecule has 2 heterocycles. The number of hydrogen-bond donors (Lipinski definition) is 3. The van der Waals surface area contributed by atoms with Gasteiger partial charge in [0, 0.05) is 29.7 Å². The molecule has 0 amide bonds. The quantitative estimate of drug-likeness (QED) is 0.623. The highest BCUT2D eigenvalue weighted by Crippen LogP contribution is 2.25. The van der Waals surface area contributed by atoms with Gasteiger partial charge in [-0.25, -0.2) is 18.1 Å². The number of hydrogen-bond acceptors (Lipinski definition) is 5. The number of imidazole rings is 1. The molecule has 8 heteroatoms. The van der Waals surface area contributed by atoms with Gasteiger partial charge in [-0.15, -0.1) is 0 Å². The van der Waals surface area contributed by atoms with Gasteiger partial charge in [0.15, 0.2) is 0 Å². The Bertz CT molecular complexity index is 875. The van der Waals surface area contributed by atoms with Crippen molar-refractivity contribution in [2.24, 2.45) is 0 Å². The van der Waals surface area contributed by atoms with Gasteiger partial charge in [0.05, 0.1) is 12.1 Å². The van der Waals surface area contributed by atoms with E-state index in [0.29, 0.717) is 22.4 Å². The molecule has 0 saturated heterocycles. The van der Waals surface area contributed by atoms with Gasteiger partial charge in [-0.3, -0.25) is 4.98 Å². The number of H-pyrrole nitrogens is 1. The first kappa shape index (κ1) is 13.5. The van der Waals surface area contributed by atoms with Crippen LogP contribution in [0.4, 0.5) is 5.69 Å². The molecule has 3 rings (SSSR count). The van der Waals surface area contributed by atoms with E-state index in [4.69, 9.17) is 5.73 Å². The number of benzene rings is 1. The molecule has 0 saturated carbocycles. The van der Waals surface area contributed by atoms with E-state index in [1.807, 2.05) is 0 Å². The Morgan fingerprint density at radius 1 is 1.19 bits per heavy atom. The highest BCUT2D eigenvalue weighted by molar-refractivity contribution is 7.89. The Balaban J connectivity index is 2.01. The molecule has 21 heavy (non-hydrogen) atoms. The third-order valence-electron chi connectivity index (χ3n) is 3.04. The summed E-state index contributed by atoms with van der Waals surface area (Å²) in [6.45, 7) is 0.0774. The fourth-order valence-corrected chi connectivity index (χ4v) is 3.17. The number of nitrogens with two attached hydrogens (primary N) is 1. The molecule has 4 N–H and O–H groups in total. The number of nitrogens with one attached hydrogen (secondary N) is 2. The van der Waals surface area contributed by atoms with Crippen LogP contribution < -0.4 is 10.5 Å². The van der Waals surface area contributed by atoms with Crippen LogP contribution in [-0.2, 0) is 16.6 Å². The number of nitrogen functional groups attached to an aromatic ring is 1. The molecule has 108 valence electrons. The van der Waals surface area contributed by atoms with Crippen molar-refractivity contribution in [3.63, 3.8) is 0 Å². The van der Waals surface area contributed by atoms with Crippen molar-refractivity contribution >= 4 is 26.6 Å². The van der Waals surface area contributed by atoms with E-state index in [1.165, 1.54) is 12.3 Å². The molecule has 0 bridgehead atoms. The zero-order chi connectivity index (χ0) is 14.9. The van der Waals surface area contributed by atoms with Gasteiger partial charge < -0.3 is 10.7 Å². The van der Waals surface area contributed by atoms with Crippen LogP contribution >= 0.6 is 0 Å². The number of pyridine rings is 1. The second-order valence-electron chi connectivity index (χ2n) is 4.41.